The first-order valence-corrected chi connectivity index (χ1v) is 6.20. The number of nitrogens with zero attached hydrogens (tertiary/aromatic N) is 1. The second kappa shape index (κ2) is 4.86. The van der Waals surface area contributed by atoms with E-state index in [-0.39, 0.29) is 5.78 Å². The van der Waals surface area contributed by atoms with Gasteiger partial charge in [0, 0.05) is 18.4 Å². The van der Waals surface area contributed by atoms with Crippen molar-refractivity contribution in [1.82, 2.24) is 4.98 Å². The normalized spacial score (nSPS) is 20.7. The summed E-state index contributed by atoms with van der Waals surface area (Å²) in [5.41, 5.74) is 0.621. The van der Waals surface area contributed by atoms with Crippen LogP contribution in [0.1, 0.15) is 41.2 Å². The number of Topliss-reactive ketones (excluding diaryl/α,β-unsaturated/α-hetero) is 1. The number of hydrogen-bond acceptors (Lipinski definition) is 4. The molecule has 0 N–H and O–H groups in total. The molecule has 1 unspecified atom stereocenters. The molecule has 1 aliphatic heterocycles. The van der Waals surface area contributed by atoms with Gasteiger partial charge in [-0.25, -0.2) is 4.98 Å². The number of ether oxygens (including phenoxy) is 1. The smallest absolute Gasteiger partial charge is 0.182 e. The third-order valence-electron chi connectivity index (χ3n) is 2.62. The van der Waals surface area contributed by atoms with E-state index in [4.69, 9.17) is 4.74 Å². The van der Waals surface area contributed by atoms with Crippen LogP contribution in [-0.2, 0) is 4.74 Å². The van der Waals surface area contributed by atoms with Gasteiger partial charge in [-0.2, -0.15) is 0 Å². The number of carbonyl (C=O) groups is 1. The highest BCUT2D eigenvalue weighted by Gasteiger charge is 2.18. The second-order valence-electron chi connectivity index (χ2n) is 3.85. The van der Waals surface area contributed by atoms with E-state index < -0.39 is 0 Å². The molecule has 1 fully saturated rings. The number of ketones is 1. The molecule has 0 aromatic carbocycles. The Balaban J connectivity index is 1.81. The summed E-state index contributed by atoms with van der Waals surface area (Å²) in [6, 6.07) is 0. The average molecular weight is 225 g/mol. The fourth-order valence-electron chi connectivity index (χ4n) is 1.78. The molecule has 0 saturated carbocycles. The molecular formula is C11H15NO2S. The summed E-state index contributed by atoms with van der Waals surface area (Å²) in [6.45, 7) is 2.77. The van der Waals surface area contributed by atoms with Crippen LogP contribution in [0.4, 0.5) is 0 Å². The zero-order valence-corrected chi connectivity index (χ0v) is 9.68. The van der Waals surface area contributed by atoms with Crippen molar-refractivity contribution in [3.8, 4) is 0 Å². The third kappa shape index (κ3) is 2.86. The molecule has 4 heteroatoms. The van der Waals surface area contributed by atoms with Crippen LogP contribution in [0.5, 0.6) is 0 Å². The lowest BCUT2D eigenvalue weighted by Gasteiger charge is -2.06. The lowest BCUT2D eigenvalue weighted by Crippen LogP contribution is -2.09. The molecule has 0 aliphatic carbocycles. The Kier molecular flexibility index (Phi) is 3.49. The molecule has 2 heterocycles. The summed E-state index contributed by atoms with van der Waals surface area (Å²) in [4.78, 5) is 15.9. The topological polar surface area (TPSA) is 39.2 Å². The van der Waals surface area contributed by atoms with E-state index in [9.17, 15) is 4.79 Å². The zero-order valence-electron chi connectivity index (χ0n) is 8.86. The van der Waals surface area contributed by atoms with Gasteiger partial charge >= 0.3 is 0 Å². The van der Waals surface area contributed by atoms with Crippen LogP contribution in [0.2, 0.25) is 0 Å². The quantitative estimate of drug-likeness (QED) is 0.739. The van der Waals surface area contributed by atoms with Crippen molar-refractivity contribution in [1.29, 1.82) is 0 Å². The van der Waals surface area contributed by atoms with Gasteiger partial charge in [0.15, 0.2) is 5.78 Å². The Labute approximate surface area is 93.5 Å². The lowest BCUT2D eigenvalue weighted by atomic mass is 10.1. The third-order valence-corrected chi connectivity index (χ3v) is 3.40. The maximum Gasteiger partial charge on any atom is 0.182 e. The van der Waals surface area contributed by atoms with Gasteiger partial charge in [-0.1, -0.05) is 0 Å². The van der Waals surface area contributed by atoms with Crippen molar-refractivity contribution >= 4 is 17.1 Å². The number of thiazole rings is 1. The van der Waals surface area contributed by atoms with E-state index in [0.29, 0.717) is 18.2 Å². The molecule has 1 aromatic heterocycles. The van der Waals surface area contributed by atoms with E-state index in [1.807, 2.05) is 12.3 Å². The summed E-state index contributed by atoms with van der Waals surface area (Å²) < 4.78 is 5.47. The van der Waals surface area contributed by atoms with Crippen molar-refractivity contribution in [3.05, 3.63) is 16.1 Å². The number of carbonyl (C=O) groups excluding carboxylic acids is 1. The molecule has 1 atom stereocenters. The van der Waals surface area contributed by atoms with Crippen molar-refractivity contribution in [3.63, 3.8) is 0 Å². The number of hydrogen-bond donors (Lipinski definition) is 0. The Morgan fingerprint density at radius 1 is 1.73 bits per heavy atom. The van der Waals surface area contributed by atoms with Crippen molar-refractivity contribution in [2.45, 2.75) is 38.7 Å². The van der Waals surface area contributed by atoms with E-state index in [1.54, 1.807) is 0 Å². The fraction of sp³-hybridized carbons (Fsp3) is 0.636. The van der Waals surface area contributed by atoms with Crippen LogP contribution in [0.15, 0.2) is 5.38 Å². The molecule has 82 valence electrons. The van der Waals surface area contributed by atoms with Gasteiger partial charge in [-0.3, -0.25) is 4.79 Å². The van der Waals surface area contributed by atoms with Crippen molar-refractivity contribution in [2.75, 3.05) is 6.61 Å². The highest BCUT2D eigenvalue weighted by atomic mass is 32.1. The lowest BCUT2D eigenvalue weighted by molar-refractivity contribution is 0.0856. The maximum atomic E-state index is 11.7. The molecule has 1 saturated heterocycles. The molecule has 0 radical (unpaired) electrons. The highest BCUT2D eigenvalue weighted by Crippen LogP contribution is 2.18. The monoisotopic (exact) mass is 225 g/mol. The fourth-order valence-corrected chi connectivity index (χ4v) is 2.40. The van der Waals surface area contributed by atoms with Gasteiger partial charge < -0.3 is 4.74 Å². The molecule has 0 amide bonds. The van der Waals surface area contributed by atoms with Crippen LogP contribution in [0.3, 0.4) is 0 Å². The Hall–Kier alpha value is -0.740. The molecule has 3 nitrogen and oxygen atoms in total. The Morgan fingerprint density at radius 3 is 3.20 bits per heavy atom. The molecule has 0 spiro atoms. The predicted molar refractivity (Wildman–Crippen MR) is 59.4 cm³/mol. The minimum atomic E-state index is 0.148. The van der Waals surface area contributed by atoms with Gasteiger partial charge in [0.2, 0.25) is 0 Å². The number of aryl methyl sites for hydroxylation is 1. The highest BCUT2D eigenvalue weighted by molar-refractivity contribution is 7.09. The van der Waals surface area contributed by atoms with Gasteiger partial charge in [-0.15, -0.1) is 11.3 Å². The van der Waals surface area contributed by atoms with Crippen LogP contribution in [0.25, 0.3) is 0 Å². The summed E-state index contributed by atoms with van der Waals surface area (Å²) >= 11 is 1.53. The van der Waals surface area contributed by atoms with Gasteiger partial charge in [0.05, 0.1) is 11.1 Å². The first-order valence-electron chi connectivity index (χ1n) is 5.32. The van der Waals surface area contributed by atoms with E-state index in [0.717, 1.165) is 30.9 Å². The first-order chi connectivity index (χ1) is 7.25. The van der Waals surface area contributed by atoms with E-state index in [1.165, 1.54) is 11.3 Å². The summed E-state index contributed by atoms with van der Waals surface area (Å²) in [6.07, 6.45) is 3.94. The second-order valence-corrected chi connectivity index (χ2v) is 4.91. The molecular weight excluding hydrogens is 210 g/mol. The summed E-state index contributed by atoms with van der Waals surface area (Å²) in [7, 11) is 0. The zero-order chi connectivity index (χ0) is 10.7. The van der Waals surface area contributed by atoms with Crippen LogP contribution in [-0.4, -0.2) is 23.5 Å². The van der Waals surface area contributed by atoms with E-state index in [2.05, 4.69) is 4.98 Å². The van der Waals surface area contributed by atoms with Crippen LogP contribution < -0.4 is 0 Å². The predicted octanol–water partition coefficient (Wildman–Crippen LogP) is 2.59. The van der Waals surface area contributed by atoms with E-state index >= 15 is 0 Å². The summed E-state index contributed by atoms with van der Waals surface area (Å²) in [5.74, 6) is 0.148. The Bertz CT molecular complexity index is 342. The van der Waals surface area contributed by atoms with Gasteiger partial charge in [-0.05, 0) is 26.2 Å². The summed E-state index contributed by atoms with van der Waals surface area (Å²) in [5, 5.41) is 2.79. The Morgan fingerprint density at radius 2 is 2.60 bits per heavy atom. The maximum absolute atomic E-state index is 11.7. The van der Waals surface area contributed by atoms with Crippen LogP contribution >= 0.6 is 11.3 Å². The largest absolute Gasteiger partial charge is 0.378 e. The molecule has 0 bridgehead atoms. The average Bonchev–Trinajstić information content (AvgIpc) is 2.84. The SMILES string of the molecule is Cc1nc(C(=O)CCC2CCCO2)cs1. The van der Waals surface area contributed by atoms with Crippen molar-refractivity contribution in [2.24, 2.45) is 0 Å². The van der Waals surface area contributed by atoms with Gasteiger partial charge in [0.1, 0.15) is 5.69 Å². The minimum absolute atomic E-state index is 0.148. The first kappa shape index (κ1) is 10.8. The minimum Gasteiger partial charge on any atom is -0.378 e. The standard InChI is InChI=1S/C11H15NO2S/c1-8-12-10(7-15-8)11(13)5-4-9-3-2-6-14-9/h7,9H,2-6H2,1H3. The number of aromatic nitrogens is 1. The van der Waals surface area contributed by atoms with Crippen molar-refractivity contribution < 1.29 is 9.53 Å². The molecule has 1 aromatic rings. The van der Waals surface area contributed by atoms with Crippen LogP contribution in [0, 0.1) is 6.92 Å². The molecule has 1 aliphatic rings. The van der Waals surface area contributed by atoms with Gasteiger partial charge in [0.25, 0.3) is 0 Å². The molecule has 15 heavy (non-hydrogen) atoms. The number of rotatable bonds is 4. The molecule has 2 rings (SSSR count).